The summed E-state index contributed by atoms with van der Waals surface area (Å²) in [6.45, 7) is 0.330. The lowest BCUT2D eigenvalue weighted by Gasteiger charge is -2.26. The summed E-state index contributed by atoms with van der Waals surface area (Å²) in [6, 6.07) is 1.51. The molecule has 6 nitrogen and oxygen atoms in total. The number of amides is 1. The van der Waals surface area contributed by atoms with Gasteiger partial charge < -0.3 is 4.90 Å². The number of aromatic nitrogens is 2. The first-order valence-corrected chi connectivity index (χ1v) is 7.21. The van der Waals surface area contributed by atoms with Gasteiger partial charge in [0.15, 0.2) is 9.84 Å². The van der Waals surface area contributed by atoms with E-state index in [1.807, 2.05) is 0 Å². The van der Waals surface area contributed by atoms with Crippen molar-refractivity contribution >= 4 is 15.7 Å². The van der Waals surface area contributed by atoms with Crippen molar-refractivity contribution in [3.63, 3.8) is 0 Å². The van der Waals surface area contributed by atoms with E-state index >= 15 is 0 Å². The third-order valence-electron chi connectivity index (χ3n) is 3.61. The summed E-state index contributed by atoms with van der Waals surface area (Å²) >= 11 is 0. The highest BCUT2D eigenvalue weighted by atomic mass is 32.2. The molecule has 2 aliphatic heterocycles. The molecule has 2 saturated heterocycles. The SMILES string of the molecule is Cn1nccc1C(=O)N1CC2CC1CS2(=O)=O. The molecular formula is C10H13N3O3S. The minimum absolute atomic E-state index is 0.112. The van der Waals surface area contributed by atoms with E-state index in [9.17, 15) is 13.2 Å². The Balaban J connectivity index is 1.86. The van der Waals surface area contributed by atoms with Crippen LogP contribution in [0.5, 0.6) is 0 Å². The number of sulfone groups is 1. The smallest absolute Gasteiger partial charge is 0.272 e. The van der Waals surface area contributed by atoms with E-state index in [2.05, 4.69) is 5.10 Å². The first kappa shape index (κ1) is 10.8. The average molecular weight is 255 g/mol. The normalized spacial score (nSPS) is 29.8. The minimum Gasteiger partial charge on any atom is -0.332 e. The number of rotatable bonds is 1. The summed E-state index contributed by atoms with van der Waals surface area (Å²) in [4.78, 5) is 13.9. The Hall–Kier alpha value is -1.37. The van der Waals surface area contributed by atoms with Gasteiger partial charge in [0, 0.05) is 25.8 Å². The third kappa shape index (κ3) is 1.49. The Morgan fingerprint density at radius 3 is 2.76 bits per heavy atom. The van der Waals surface area contributed by atoms with Crippen molar-refractivity contribution in [3.8, 4) is 0 Å². The van der Waals surface area contributed by atoms with Crippen molar-refractivity contribution in [3.05, 3.63) is 18.0 Å². The molecule has 2 bridgehead atoms. The zero-order valence-electron chi connectivity index (χ0n) is 9.41. The Morgan fingerprint density at radius 1 is 1.53 bits per heavy atom. The van der Waals surface area contributed by atoms with Gasteiger partial charge >= 0.3 is 0 Å². The molecule has 1 aromatic heterocycles. The van der Waals surface area contributed by atoms with Crippen LogP contribution in [0.1, 0.15) is 16.9 Å². The number of fused-ring (bicyclic) bond motifs is 2. The Bertz CT molecular complexity index is 577. The van der Waals surface area contributed by atoms with Crippen molar-refractivity contribution in [2.75, 3.05) is 12.3 Å². The van der Waals surface area contributed by atoms with Crippen molar-refractivity contribution in [2.45, 2.75) is 17.7 Å². The van der Waals surface area contributed by atoms with Crippen LogP contribution >= 0.6 is 0 Å². The zero-order valence-corrected chi connectivity index (χ0v) is 10.2. The molecule has 17 heavy (non-hydrogen) atoms. The summed E-state index contributed by atoms with van der Waals surface area (Å²) < 4.78 is 24.7. The molecule has 0 aliphatic carbocycles. The van der Waals surface area contributed by atoms with Crippen LogP contribution in [-0.4, -0.2) is 52.6 Å². The molecule has 3 heterocycles. The van der Waals surface area contributed by atoms with Gasteiger partial charge in [-0.3, -0.25) is 9.48 Å². The number of nitrogens with zero attached hydrogens (tertiary/aromatic N) is 3. The van der Waals surface area contributed by atoms with Gasteiger partial charge in [0.05, 0.1) is 11.0 Å². The Kier molecular flexibility index (Phi) is 2.10. The van der Waals surface area contributed by atoms with Gasteiger partial charge in [0.2, 0.25) is 0 Å². The Labute approximate surface area is 99.1 Å². The van der Waals surface area contributed by atoms with Gasteiger partial charge in [-0.15, -0.1) is 0 Å². The summed E-state index contributed by atoms with van der Waals surface area (Å²) in [5, 5.41) is 3.59. The zero-order chi connectivity index (χ0) is 12.2. The standard InChI is InChI=1S/C10H13N3O3S/c1-12-9(2-3-11-12)10(14)13-5-8-4-7(13)6-17(8,15)16/h2-3,7-8H,4-6H2,1H3. The molecule has 2 unspecified atom stereocenters. The highest BCUT2D eigenvalue weighted by Gasteiger charge is 2.50. The van der Waals surface area contributed by atoms with Gasteiger partial charge in [0.1, 0.15) is 5.69 Å². The highest BCUT2D eigenvalue weighted by Crippen LogP contribution is 2.33. The molecule has 0 spiro atoms. The van der Waals surface area contributed by atoms with Crippen LogP contribution in [0.2, 0.25) is 0 Å². The summed E-state index contributed by atoms with van der Waals surface area (Å²) in [5.74, 6) is -0.00579. The quantitative estimate of drug-likeness (QED) is 0.674. The monoisotopic (exact) mass is 255 g/mol. The fourth-order valence-corrected chi connectivity index (χ4v) is 4.70. The van der Waals surface area contributed by atoms with E-state index in [4.69, 9.17) is 0 Å². The fraction of sp³-hybridized carbons (Fsp3) is 0.600. The van der Waals surface area contributed by atoms with Crippen LogP contribution < -0.4 is 0 Å². The van der Waals surface area contributed by atoms with Gasteiger partial charge in [-0.05, 0) is 12.5 Å². The predicted molar refractivity (Wildman–Crippen MR) is 60.2 cm³/mol. The van der Waals surface area contributed by atoms with E-state index in [-0.39, 0.29) is 23.0 Å². The molecule has 0 radical (unpaired) electrons. The Morgan fingerprint density at radius 2 is 2.29 bits per heavy atom. The first-order chi connectivity index (χ1) is 7.99. The highest BCUT2D eigenvalue weighted by molar-refractivity contribution is 7.92. The van der Waals surface area contributed by atoms with E-state index in [1.165, 1.54) is 4.68 Å². The molecule has 2 aliphatic rings. The van der Waals surface area contributed by atoms with E-state index in [1.54, 1.807) is 24.2 Å². The minimum atomic E-state index is -2.95. The van der Waals surface area contributed by atoms with E-state index in [0.29, 0.717) is 18.7 Å². The van der Waals surface area contributed by atoms with Crippen LogP contribution in [-0.2, 0) is 16.9 Å². The molecule has 1 aromatic rings. The maximum Gasteiger partial charge on any atom is 0.272 e. The number of likely N-dealkylation sites (tertiary alicyclic amines) is 1. The largest absolute Gasteiger partial charge is 0.332 e. The van der Waals surface area contributed by atoms with Crippen LogP contribution in [0, 0.1) is 0 Å². The molecule has 1 amide bonds. The lowest BCUT2D eigenvalue weighted by atomic mass is 10.2. The molecule has 92 valence electrons. The summed E-state index contributed by atoms with van der Waals surface area (Å²) in [6.07, 6.45) is 2.16. The van der Waals surface area contributed by atoms with Gasteiger partial charge in [0.25, 0.3) is 5.91 Å². The predicted octanol–water partition coefficient (Wildman–Crippen LogP) is -0.568. The molecule has 0 N–H and O–H groups in total. The second-order valence-electron chi connectivity index (χ2n) is 4.64. The van der Waals surface area contributed by atoms with Crippen molar-refractivity contribution in [2.24, 2.45) is 7.05 Å². The van der Waals surface area contributed by atoms with Gasteiger partial charge in [-0.1, -0.05) is 0 Å². The number of hydrogen-bond acceptors (Lipinski definition) is 4. The summed E-state index contributed by atoms with van der Waals surface area (Å²) in [7, 11) is -1.24. The number of aryl methyl sites for hydroxylation is 1. The number of hydrogen-bond donors (Lipinski definition) is 0. The van der Waals surface area contributed by atoms with Crippen molar-refractivity contribution < 1.29 is 13.2 Å². The molecular weight excluding hydrogens is 242 g/mol. The number of carbonyl (C=O) groups is 1. The van der Waals surface area contributed by atoms with E-state index < -0.39 is 9.84 Å². The summed E-state index contributed by atoms with van der Waals surface area (Å²) in [5.41, 5.74) is 0.509. The lowest BCUT2D eigenvalue weighted by Crippen LogP contribution is -2.44. The lowest BCUT2D eigenvalue weighted by molar-refractivity contribution is 0.0734. The van der Waals surface area contributed by atoms with Crippen LogP contribution in [0.3, 0.4) is 0 Å². The van der Waals surface area contributed by atoms with Crippen molar-refractivity contribution in [1.82, 2.24) is 14.7 Å². The maximum absolute atomic E-state index is 12.2. The van der Waals surface area contributed by atoms with Crippen LogP contribution in [0.15, 0.2) is 12.3 Å². The van der Waals surface area contributed by atoms with Crippen molar-refractivity contribution in [1.29, 1.82) is 0 Å². The second kappa shape index (κ2) is 3.32. The fourth-order valence-electron chi connectivity index (χ4n) is 2.68. The van der Waals surface area contributed by atoms with Crippen LogP contribution in [0.25, 0.3) is 0 Å². The molecule has 2 fully saturated rings. The van der Waals surface area contributed by atoms with Crippen LogP contribution in [0.4, 0.5) is 0 Å². The maximum atomic E-state index is 12.2. The molecule has 2 atom stereocenters. The molecule has 3 rings (SSSR count). The number of carbonyl (C=O) groups excluding carboxylic acids is 1. The van der Waals surface area contributed by atoms with Gasteiger partial charge in [-0.2, -0.15) is 5.10 Å². The second-order valence-corrected chi connectivity index (χ2v) is 6.96. The molecule has 7 heteroatoms. The van der Waals surface area contributed by atoms with E-state index in [0.717, 1.165) is 0 Å². The third-order valence-corrected chi connectivity index (χ3v) is 5.82. The first-order valence-electron chi connectivity index (χ1n) is 5.49. The topological polar surface area (TPSA) is 72.3 Å². The molecule has 0 aromatic carbocycles. The average Bonchev–Trinajstić information content (AvgIpc) is 2.89. The van der Waals surface area contributed by atoms with Gasteiger partial charge in [-0.25, -0.2) is 8.42 Å². The molecule has 0 saturated carbocycles.